The zero-order chi connectivity index (χ0) is 16.6. The van der Waals surface area contributed by atoms with Crippen molar-refractivity contribution in [3.63, 3.8) is 0 Å². The molecule has 1 aromatic rings. The Labute approximate surface area is 133 Å². The lowest BCUT2D eigenvalue weighted by atomic mass is 10.1. The van der Waals surface area contributed by atoms with Gasteiger partial charge in [0.15, 0.2) is 0 Å². The second-order valence-electron chi connectivity index (χ2n) is 5.10. The van der Waals surface area contributed by atoms with Gasteiger partial charge in [-0.05, 0) is 24.0 Å². The zero-order valence-corrected chi connectivity index (χ0v) is 14.6. The molecule has 0 radical (unpaired) electrons. The van der Waals surface area contributed by atoms with Crippen molar-refractivity contribution < 1.29 is 16.8 Å². The van der Waals surface area contributed by atoms with E-state index in [1.54, 1.807) is 24.3 Å². The molecule has 8 heteroatoms. The van der Waals surface area contributed by atoms with Crippen LogP contribution < -0.4 is 9.44 Å². The van der Waals surface area contributed by atoms with Gasteiger partial charge >= 0.3 is 0 Å². The molecule has 0 amide bonds. The van der Waals surface area contributed by atoms with Crippen LogP contribution in [-0.2, 0) is 33.1 Å². The number of sulfonamides is 2. The average molecular weight is 348 g/mol. The molecule has 22 heavy (non-hydrogen) atoms. The minimum Gasteiger partial charge on any atom is -0.212 e. The van der Waals surface area contributed by atoms with Crippen LogP contribution in [0.4, 0.5) is 0 Å². The molecule has 0 aliphatic rings. The molecule has 0 heterocycles. The Kier molecular flexibility index (Phi) is 7.47. The van der Waals surface area contributed by atoms with Crippen molar-refractivity contribution in [2.75, 3.05) is 11.5 Å². The normalized spacial score (nSPS) is 12.5. The number of nitrogens with one attached hydrogen (secondary N) is 2. The van der Waals surface area contributed by atoms with E-state index in [9.17, 15) is 16.8 Å². The van der Waals surface area contributed by atoms with Gasteiger partial charge in [-0.3, -0.25) is 0 Å². The van der Waals surface area contributed by atoms with Gasteiger partial charge in [-0.25, -0.2) is 26.3 Å². The van der Waals surface area contributed by atoms with E-state index in [-0.39, 0.29) is 24.6 Å². The molecule has 0 spiro atoms. The molecule has 126 valence electrons. The Morgan fingerprint density at radius 1 is 0.818 bits per heavy atom. The highest BCUT2D eigenvalue weighted by Gasteiger charge is 2.10. The van der Waals surface area contributed by atoms with Crippen molar-refractivity contribution in [1.82, 2.24) is 9.44 Å². The number of benzene rings is 1. The van der Waals surface area contributed by atoms with E-state index in [4.69, 9.17) is 0 Å². The standard InChI is InChI=1S/C14H24N2O4S2/c1-3-8-21(17,18)15-11-13-6-5-7-14(10-13)12-16-22(19,20)9-4-2/h5-7,10,15-16H,3-4,8-9,11-12H2,1-2H3. The highest BCUT2D eigenvalue weighted by Crippen LogP contribution is 2.06. The summed E-state index contributed by atoms with van der Waals surface area (Å²) in [4.78, 5) is 0. The van der Waals surface area contributed by atoms with Crippen LogP contribution >= 0.6 is 0 Å². The zero-order valence-electron chi connectivity index (χ0n) is 13.0. The van der Waals surface area contributed by atoms with E-state index in [2.05, 4.69) is 9.44 Å². The predicted octanol–water partition coefficient (Wildman–Crippen LogP) is 1.35. The molecule has 6 nitrogen and oxygen atoms in total. The summed E-state index contributed by atoms with van der Waals surface area (Å²) in [6.07, 6.45) is 1.13. The molecule has 0 aliphatic heterocycles. The van der Waals surface area contributed by atoms with Crippen molar-refractivity contribution in [2.24, 2.45) is 0 Å². The van der Waals surface area contributed by atoms with Crippen LogP contribution in [0.1, 0.15) is 37.8 Å². The summed E-state index contributed by atoms with van der Waals surface area (Å²) in [5.41, 5.74) is 1.60. The molecule has 0 fully saturated rings. The van der Waals surface area contributed by atoms with Crippen LogP contribution in [0.3, 0.4) is 0 Å². The maximum Gasteiger partial charge on any atom is 0.211 e. The van der Waals surface area contributed by atoms with Crippen molar-refractivity contribution >= 4 is 20.0 Å². The van der Waals surface area contributed by atoms with Gasteiger partial charge in [-0.1, -0.05) is 38.1 Å². The van der Waals surface area contributed by atoms with Crippen LogP contribution in [0.5, 0.6) is 0 Å². The molecule has 0 unspecified atom stereocenters. The quantitative estimate of drug-likeness (QED) is 0.667. The number of rotatable bonds is 10. The van der Waals surface area contributed by atoms with E-state index in [1.807, 2.05) is 13.8 Å². The molecule has 0 aromatic heterocycles. The van der Waals surface area contributed by atoms with Gasteiger partial charge in [0.05, 0.1) is 11.5 Å². The first kappa shape index (κ1) is 19.1. The molecular weight excluding hydrogens is 324 g/mol. The molecule has 0 saturated carbocycles. The fraction of sp³-hybridized carbons (Fsp3) is 0.571. The highest BCUT2D eigenvalue weighted by atomic mass is 32.2. The van der Waals surface area contributed by atoms with Crippen molar-refractivity contribution in [1.29, 1.82) is 0 Å². The third kappa shape index (κ3) is 7.35. The van der Waals surface area contributed by atoms with E-state index < -0.39 is 20.0 Å². The Morgan fingerprint density at radius 2 is 1.23 bits per heavy atom. The maximum atomic E-state index is 11.6. The summed E-state index contributed by atoms with van der Waals surface area (Å²) < 4.78 is 51.5. The monoisotopic (exact) mass is 348 g/mol. The van der Waals surface area contributed by atoms with Crippen molar-refractivity contribution in [3.05, 3.63) is 35.4 Å². The first-order valence-corrected chi connectivity index (χ1v) is 10.6. The van der Waals surface area contributed by atoms with Gasteiger partial charge in [0.25, 0.3) is 0 Å². The first-order chi connectivity index (χ1) is 10.3. The third-order valence-corrected chi connectivity index (χ3v) is 5.99. The van der Waals surface area contributed by atoms with Crippen LogP contribution in [0.15, 0.2) is 24.3 Å². The van der Waals surface area contributed by atoms with Crippen molar-refractivity contribution in [3.8, 4) is 0 Å². The fourth-order valence-electron chi connectivity index (χ4n) is 1.92. The molecular formula is C14H24N2O4S2. The Bertz CT molecular complexity index is 615. The van der Waals surface area contributed by atoms with E-state index >= 15 is 0 Å². The smallest absolute Gasteiger partial charge is 0.211 e. The van der Waals surface area contributed by atoms with Crippen LogP contribution in [0.2, 0.25) is 0 Å². The Balaban J connectivity index is 2.63. The molecule has 2 N–H and O–H groups in total. The molecule has 0 saturated heterocycles. The third-order valence-electron chi connectivity index (χ3n) is 2.93. The van der Waals surface area contributed by atoms with Gasteiger partial charge in [0, 0.05) is 13.1 Å². The molecule has 0 bridgehead atoms. The van der Waals surface area contributed by atoms with Gasteiger partial charge in [-0.2, -0.15) is 0 Å². The van der Waals surface area contributed by atoms with E-state index in [1.165, 1.54) is 0 Å². The lowest BCUT2D eigenvalue weighted by Crippen LogP contribution is -2.26. The lowest BCUT2D eigenvalue weighted by molar-refractivity contribution is 0.579. The van der Waals surface area contributed by atoms with Gasteiger partial charge in [0.2, 0.25) is 20.0 Å². The predicted molar refractivity (Wildman–Crippen MR) is 88.3 cm³/mol. The Hall–Kier alpha value is -0.960. The minimum absolute atomic E-state index is 0.101. The van der Waals surface area contributed by atoms with Crippen molar-refractivity contribution in [2.45, 2.75) is 39.8 Å². The van der Waals surface area contributed by atoms with Gasteiger partial charge in [-0.15, -0.1) is 0 Å². The average Bonchev–Trinajstić information content (AvgIpc) is 2.44. The van der Waals surface area contributed by atoms with E-state index in [0.717, 1.165) is 11.1 Å². The second kappa shape index (κ2) is 8.61. The summed E-state index contributed by atoms with van der Waals surface area (Å²) in [5.74, 6) is 0.201. The topological polar surface area (TPSA) is 92.3 Å². The lowest BCUT2D eigenvalue weighted by Gasteiger charge is -2.09. The van der Waals surface area contributed by atoms with Gasteiger partial charge < -0.3 is 0 Å². The molecule has 0 atom stereocenters. The minimum atomic E-state index is -3.25. The SMILES string of the molecule is CCCS(=O)(=O)NCc1cccc(CNS(=O)(=O)CCC)c1. The largest absolute Gasteiger partial charge is 0.212 e. The summed E-state index contributed by atoms with van der Waals surface area (Å²) in [6, 6.07) is 7.19. The summed E-state index contributed by atoms with van der Waals surface area (Å²) in [5, 5.41) is 0. The summed E-state index contributed by atoms with van der Waals surface area (Å²) in [7, 11) is -6.49. The van der Waals surface area contributed by atoms with Crippen LogP contribution in [-0.4, -0.2) is 28.3 Å². The number of hydrogen-bond acceptors (Lipinski definition) is 4. The fourth-order valence-corrected chi connectivity index (χ4v) is 4.05. The second-order valence-corrected chi connectivity index (χ2v) is 8.95. The highest BCUT2D eigenvalue weighted by molar-refractivity contribution is 7.89. The maximum absolute atomic E-state index is 11.6. The Morgan fingerprint density at radius 3 is 1.59 bits per heavy atom. The first-order valence-electron chi connectivity index (χ1n) is 7.30. The summed E-state index contributed by atoms with van der Waals surface area (Å²) in [6.45, 7) is 4.03. The number of hydrogen-bond donors (Lipinski definition) is 2. The van der Waals surface area contributed by atoms with Crippen LogP contribution in [0, 0.1) is 0 Å². The summed E-state index contributed by atoms with van der Waals surface area (Å²) >= 11 is 0. The van der Waals surface area contributed by atoms with E-state index in [0.29, 0.717) is 12.8 Å². The van der Waals surface area contributed by atoms with Crippen LogP contribution in [0.25, 0.3) is 0 Å². The molecule has 1 aromatic carbocycles. The molecule has 1 rings (SSSR count). The van der Waals surface area contributed by atoms with Gasteiger partial charge in [0.1, 0.15) is 0 Å². The molecule has 0 aliphatic carbocycles.